The Bertz CT molecular complexity index is 1230. The smallest absolute Gasteiger partial charge is 0.306 e. The van der Waals surface area contributed by atoms with Crippen molar-refractivity contribution in [3.05, 3.63) is 65.5 Å². The maximum Gasteiger partial charge on any atom is 0.306 e. The van der Waals surface area contributed by atoms with Crippen LogP contribution in [-0.2, 0) is 21.6 Å². The van der Waals surface area contributed by atoms with Crippen molar-refractivity contribution in [2.24, 2.45) is 0 Å². The maximum absolute atomic E-state index is 13.0. The van der Waals surface area contributed by atoms with E-state index < -0.39 is 24.2 Å². The van der Waals surface area contributed by atoms with Gasteiger partial charge in [0.2, 0.25) is 0 Å². The summed E-state index contributed by atoms with van der Waals surface area (Å²) in [7, 11) is 0. The van der Waals surface area contributed by atoms with Crippen molar-refractivity contribution in [2.75, 3.05) is 11.9 Å². The van der Waals surface area contributed by atoms with E-state index in [0.717, 1.165) is 36.9 Å². The Kier molecular flexibility index (Phi) is 5.88. The molecule has 3 aliphatic rings. The molecule has 2 aromatic heterocycles. The molecule has 182 valence electrons. The lowest BCUT2D eigenvalue weighted by Gasteiger charge is -2.53. The highest BCUT2D eigenvalue weighted by molar-refractivity contribution is 6.03. The molecule has 2 aliphatic heterocycles. The zero-order valence-electron chi connectivity index (χ0n) is 19.3. The highest BCUT2D eigenvalue weighted by Crippen LogP contribution is 2.51. The number of benzene rings is 1. The summed E-state index contributed by atoms with van der Waals surface area (Å²) in [4.78, 5) is 32.0. The molecule has 9 heteroatoms. The fourth-order valence-corrected chi connectivity index (χ4v) is 5.20. The number of carboxylic acid groups (broad SMARTS) is 1. The van der Waals surface area contributed by atoms with E-state index in [2.05, 4.69) is 27.4 Å². The first kappa shape index (κ1) is 23.2. The third-order valence-corrected chi connectivity index (χ3v) is 7.20. The number of halogens is 1. The second-order valence-corrected chi connectivity index (χ2v) is 9.42. The van der Waals surface area contributed by atoms with Crippen LogP contribution in [0, 0.1) is 6.92 Å². The molecule has 35 heavy (non-hydrogen) atoms. The number of fused-ring (bicyclic) bond motifs is 3. The molecule has 2 bridgehead atoms. The molecule has 0 unspecified atom stereocenters. The number of oxazole rings is 1. The molecule has 1 aromatic carbocycles. The van der Waals surface area contributed by atoms with E-state index in [1.165, 1.54) is 5.56 Å². The average molecular weight is 480 g/mol. The Hall–Kier alpha value is -3.59. The summed E-state index contributed by atoms with van der Waals surface area (Å²) in [5, 5.41) is 11.9. The van der Waals surface area contributed by atoms with E-state index in [4.69, 9.17) is 9.15 Å². The van der Waals surface area contributed by atoms with E-state index in [0.29, 0.717) is 12.3 Å². The summed E-state index contributed by atoms with van der Waals surface area (Å²) >= 11 is 0. The molecule has 1 amide bonds. The number of carbonyl (C=O) groups excluding carboxylic acids is 1. The minimum Gasteiger partial charge on any atom is -0.481 e. The fraction of sp³-hybridized carbons (Fsp3) is 0.385. The quantitative estimate of drug-likeness (QED) is 0.499. The van der Waals surface area contributed by atoms with Gasteiger partial charge in [0, 0.05) is 17.9 Å². The van der Waals surface area contributed by atoms with Crippen LogP contribution >= 0.6 is 0 Å². The molecular weight excluding hydrogens is 453 g/mol. The number of hydrogen-bond donors (Lipinski definition) is 2. The topological polar surface area (TPSA) is 115 Å². The maximum atomic E-state index is 13.0. The number of alkyl halides is 1. The van der Waals surface area contributed by atoms with Gasteiger partial charge in [-0.2, -0.15) is 0 Å². The van der Waals surface area contributed by atoms with Gasteiger partial charge in [0.15, 0.2) is 17.3 Å². The SMILES string of the molecule is Cc1nc(C(=O)Nc2ccc(-c3ccc(C45CCC(CC(=O)O)(CC4)OC5)cc3)nc2)c(CF)o1. The van der Waals surface area contributed by atoms with Crippen molar-refractivity contribution < 1.29 is 28.2 Å². The molecule has 3 fully saturated rings. The minimum atomic E-state index is -0.909. The molecule has 0 atom stereocenters. The van der Waals surface area contributed by atoms with Gasteiger partial charge in [0.05, 0.1) is 36.2 Å². The van der Waals surface area contributed by atoms with Crippen molar-refractivity contribution in [3.63, 3.8) is 0 Å². The molecule has 8 nitrogen and oxygen atoms in total. The number of aromatic nitrogens is 2. The first-order chi connectivity index (χ1) is 16.8. The standard InChI is InChI=1S/C26H26FN3O5/c1-16-29-23(21(13-27)35-16)24(33)30-19-6-7-20(28-14-19)17-2-4-18(5-3-17)25-8-10-26(11-9-25,34-15-25)12-22(31)32/h2-7,14H,8-13,15H2,1H3,(H,30,33)(H,31,32). The van der Waals surface area contributed by atoms with Gasteiger partial charge < -0.3 is 19.6 Å². The number of carboxylic acids is 1. The number of carbonyl (C=O) groups is 2. The number of rotatable bonds is 7. The van der Waals surface area contributed by atoms with Crippen LogP contribution in [0.15, 0.2) is 47.0 Å². The largest absolute Gasteiger partial charge is 0.481 e. The number of pyridine rings is 1. The average Bonchev–Trinajstić information content (AvgIpc) is 3.26. The van der Waals surface area contributed by atoms with Crippen LogP contribution in [-0.4, -0.2) is 39.2 Å². The first-order valence-electron chi connectivity index (χ1n) is 11.6. The Morgan fingerprint density at radius 1 is 1.11 bits per heavy atom. The van der Waals surface area contributed by atoms with Gasteiger partial charge in [0.1, 0.15) is 6.67 Å². The number of aliphatic carboxylic acids is 1. The molecule has 6 rings (SSSR count). The van der Waals surface area contributed by atoms with E-state index in [1.807, 2.05) is 12.1 Å². The summed E-state index contributed by atoms with van der Waals surface area (Å²) in [6, 6.07) is 11.8. The van der Waals surface area contributed by atoms with E-state index in [-0.39, 0.29) is 29.2 Å². The van der Waals surface area contributed by atoms with Crippen LogP contribution < -0.4 is 5.32 Å². The zero-order valence-corrected chi connectivity index (χ0v) is 19.3. The molecule has 0 radical (unpaired) electrons. The van der Waals surface area contributed by atoms with Crippen LogP contribution in [0.3, 0.4) is 0 Å². The van der Waals surface area contributed by atoms with E-state index >= 15 is 0 Å². The number of hydrogen-bond acceptors (Lipinski definition) is 6. The number of amides is 1. The molecule has 4 heterocycles. The summed E-state index contributed by atoms with van der Waals surface area (Å²) in [5.74, 6) is -1.23. The molecule has 2 saturated heterocycles. The Balaban J connectivity index is 1.26. The third-order valence-electron chi connectivity index (χ3n) is 7.20. The van der Waals surface area contributed by atoms with Gasteiger partial charge in [-0.25, -0.2) is 9.37 Å². The Morgan fingerprint density at radius 3 is 2.43 bits per heavy atom. The van der Waals surface area contributed by atoms with Crippen molar-refractivity contribution >= 4 is 17.6 Å². The highest BCUT2D eigenvalue weighted by atomic mass is 19.1. The van der Waals surface area contributed by atoms with Gasteiger partial charge in [-0.3, -0.25) is 14.6 Å². The number of nitrogens with zero attached hydrogens (tertiary/aromatic N) is 2. The Labute approximate surface area is 201 Å². The van der Waals surface area contributed by atoms with Gasteiger partial charge in [-0.1, -0.05) is 24.3 Å². The van der Waals surface area contributed by atoms with Crippen LogP contribution in [0.2, 0.25) is 0 Å². The molecule has 3 aromatic rings. The fourth-order valence-electron chi connectivity index (χ4n) is 5.20. The van der Waals surface area contributed by atoms with Crippen molar-refractivity contribution in [3.8, 4) is 11.3 Å². The molecular formula is C26H26FN3O5. The van der Waals surface area contributed by atoms with E-state index in [1.54, 1.807) is 25.3 Å². The second kappa shape index (κ2) is 8.88. The molecule has 1 aliphatic carbocycles. The van der Waals surface area contributed by atoms with Crippen molar-refractivity contribution in [1.82, 2.24) is 9.97 Å². The lowest BCUT2D eigenvalue weighted by Crippen LogP contribution is -2.54. The minimum absolute atomic E-state index is 0.0688. The summed E-state index contributed by atoms with van der Waals surface area (Å²) in [6.07, 6.45) is 4.97. The van der Waals surface area contributed by atoms with Gasteiger partial charge in [0.25, 0.3) is 5.91 Å². The summed E-state index contributed by atoms with van der Waals surface area (Å²) in [5.41, 5.74) is 2.69. The molecule has 0 spiro atoms. The van der Waals surface area contributed by atoms with Crippen molar-refractivity contribution in [1.29, 1.82) is 0 Å². The number of anilines is 1. The molecule has 1 saturated carbocycles. The van der Waals surface area contributed by atoms with E-state index in [9.17, 15) is 19.1 Å². The van der Waals surface area contributed by atoms with Gasteiger partial charge in [-0.05, 0) is 43.4 Å². The van der Waals surface area contributed by atoms with Crippen LogP contribution in [0.4, 0.5) is 10.1 Å². The second-order valence-electron chi connectivity index (χ2n) is 9.42. The summed E-state index contributed by atoms with van der Waals surface area (Å²) < 4.78 is 24.2. The normalized spacial score (nSPS) is 23.3. The van der Waals surface area contributed by atoms with Crippen LogP contribution in [0.1, 0.15) is 59.8 Å². The predicted molar refractivity (Wildman–Crippen MR) is 125 cm³/mol. The lowest BCUT2D eigenvalue weighted by molar-refractivity contribution is -0.174. The van der Waals surface area contributed by atoms with Crippen LogP contribution in [0.5, 0.6) is 0 Å². The van der Waals surface area contributed by atoms with Gasteiger partial charge >= 0.3 is 5.97 Å². The van der Waals surface area contributed by atoms with Crippen molar-refractivity contribution in [2.45, 2.75) is 56.7 Å². The monoisotopic (exact) mass is 479 g/mol. The van der Waals surface area contributed by atoms with Crippen LogP contribution in [0.25, 0.3) is 11.3 Å². The molecule has 2 N–H and O–H groups in total. The lowest BCUT2D eigenvalue weighted by atomic mass is 9.62. The number of aryl methyl sites for hydroxylation is 1. The number of ether oxygens (including phenoxy) is 1. The zero-order chi connectivity index (χ0) is 24.6. The first-order valence-corrected chi connectivity index (χ1v) is 11.6. The number of nitrogens with one attached hydrogen (secondary N) is 1. The predicted octanol–water partition coefficient (Wildman–Crippen LogP) is 4.82. The Morgan fingerprint density at radius 2 is 1.86 bits per heavy atom. The van der Waals surface area contributed by atoms with Gasteiger partial charge in [-0.15, -0.1) is 0 Å². The highest BCUT2D eigenvalue weighted by Gasteiger charge is 2.51. The summed E-state index contributed by atoms with van der Waals surface area (Å²) in [6.45, 7) is 1.19. The third kappa shape index (κ3) is 4.43.